The molecule has 380 valence electrons. The van der Waals surface area contributed by atoms with Crippen molar-refractivity contribution < 1.29 is 135 Å². The molecule has 0 unspecified atom stereocenters. The Bertz CT molecular complexity index is 1400. The van der Waals surface area contributed by atoms with Crippen molar-refractivity contribution in [3.05, 3.63) is 0 Å². The summed E-state index contributed by atoms with van der Waals surface area (Å²) in [6.45, 7) is -3.99. The second-order valence-electron chi connectivity index (χ2n) is 8.61. The molecule has 0 atom stereocenters. The number of rotatable bonds is 11. The molecule has 0 radical (unpaired) electrons. The maximum Gasteiger partial charge on any atom is 0.524 e. The van der Waals surface area contributed by atoms with Crippen molar-refractivity contribution in [2.75, 3.05) is 53.4 Å². The van der Waals surface area contributed by atoms with Crippen LogP contribution in [0, 0.1) is 0 Å². The summed E-state index contributed by atoms with van der Waals surface area (Å²) in [7, 11) is -20.0. The highest BCUT2D eigenvalue weighted by Crippen LogP contribution is 2.32. The second kappa shape index (κ2) is 34.8. The van der Waals surface area contributed by atoms with E-state index in [2.05, 4.69) is 140 Å². The van der Waals surface area contributed by atoms with E-state index in [0.717, 1.165) is -0.0619 Å². The average Bonchev–Trinajstić information content (AvgIpc) is 3.04. The number of hydrogen-bond donors (Lipinski definition) is 1. The quantitative estimate of drug-likeness (QED) is 0.0691. The van der Waals surface area contributed by atoms with Gasteiger partial charge in [-0.3, -0.25) is 9.08 Å². The number of hydrogen-bond acceptors (Lipinski definition) is 11. The number of ether oxygens (including phenoxy) is 1. The van der Waals surface area contributed by atoms with E-state index < -0.39 is 104 Å². The number of halogens is 27. The molecule has 11 nitrogen and oxygen atoms in total. The fourth-order valence-electron chi connectivity index (χ4n) is 1.68. The van der Waals surface area contributed by atoms with Gasteiger partial charge in [0.15, 0.2) is 0 Å². The molecule has 0 spiro atoms. The maximum absolute atomic E-state index is 12.5. The lowest BCUT2D eigenvalue weighted by molar-refractivity contribution is -0.153. The van der Waals surface area contributed by atoms with Gasteiger partial charge in [-0.25, -0.2) is 26.3 Å². The van der Waals surface area contributed by atoms with Gasteiger partial charge < -0.3 is 9.84 Å². The summed E-state index contributed by atoms with van der Waals surface area (Å²) < 4.78 is 314. The second-order valence-corrected chi connectivity index (χ2v) is 28.8. The maximum atomic E-state index is 12.5. The normalized spacial score (nSPS) is 14.5. The minimum absolute atomic E-state index is 0. The molecule has 1 aliphatic heterocycles. The van der Waals surface area contributed by atoms with E-state index in [1.54, 1.807) is 0 Å². The van der Waals surface area contributed by atoms with E-state index in [1.807, 2.05) is 8.56 Å². The standard InChI is InChI=1S/C7H11F4NO.C4H3F7O3S.C3H4F4O.C2F6O5S2.CHI3.CH2I2.CH3I.CH4/c8-6(9)7(10,11)5-12-1-3-13-4-2-12;5-2(6)3(7,8)1-14-15(12,13)4(9,10)11;4-2(5)3(6,7)1-8;3-1(4,5)14(9,10)13-15(11,12)2(6,7)8;2-1(3)4;2-1-3;1-2;/h6H,1-5H2;2H,1H2;2,8H,1H2;;1H;1H2;1H3;1H4. The Morgan fingerprint density at radius 3 is 1.05 bits per heavy atom. The lowest BCUT2D eigenvalue weighted by Crippen LogP contribution is -2.46. The van der Waals surface area contributed by atoms with Crippen molar-refractivity contribution in [1.29, 1.82) is 0 Å². The van der Waals surface area contributed by atoms with Crippen molar-refractivity contribution in [1.82, 2.24) is 4.90 Å². The summed E-state index contributed by atoms with van der Waals surface area (Å²) in [6.07, 6.45) is -11.7. The highest BCUT2D eigenvalue weighted by molar-refractivity contribution is 14.3. The van der Waals surface area contributed by atoms with Crippen molar-refractivity contribution in [3.63, 3.8) is 0 Å². The van der Waals surface area contributed by atoms with Crippen molar-refractivity contribution in [2.24, 2.45) is 0 Å². The van der Waals surface area contributed by atoms with E-state index in [9.17, 15) is 117 Å². The third kappa shape index (κ3) is 39.1. The van der Waals surface area contributed by atoms with Gasteiger partial charge in [0.25, 0.3) is 0 Å². The van der Waals surface area contributed by atoms with Gasteiger partial charge >= 0.3 is 83.9 Å². The van der Waals surface area contributed by atoms with Gasteiger partial charge in [-0.15, -0.1) is 3.63 Å². The van der Waals surface area contributed by atoms with Crippen LogP contribution in [0.1, 0.15) is 7.43 Å². The summed E-state index contributed by atoms with van der Waals surface area (Å²) in [4.78, 5) is 3.26. The number of alkyl halides is 27. The zero-order valence-electron chi connectivity index (χ0n) is 28.0. The van der Waals surface area contributed by atoms with E-state index in [-0.39, 0.29) is 7.43 Å². The number of morpholine rings is 1. The average molecular weight is 1700 g/mol. The Kier molecular flexibility index (Phi) is 44.3. The zero-order chi connectivity index (χ0) is 50.2. The van der Waals surface area contributed by atoms with Gasteiger partial charge in [0.1, 0.15) is 13.2 Å². The van der Waals surface area contributed by atoms with Gasteiger partial charge in [-0.1, -0.05) is 143 Å². The van der Waals surface area contributed by atoms with Gasteiger partial charge in [-0.2, -0.15) is 91.1 Å². The minimum Gasteiger partial charge on any atom is -0.390 e. The Balaban J connectivity index is -0.000000120. The van der Waals surface area contributed by atoms with Gasteiger partial charge in [0, 0.05) is 13.1 Å². The van der Waals surface area contributed by atoms with Crippen molar-refractivity contribution in [2.45, 2.75) is 60.9 Å². The first-order valence-electron chi connectivity index (χ1n) is 12.9. The van der Waals surface area contributed by atoms with Crippen LogP contribution in [-0.4, -0.2) is 142 Å². The highest BCUT2D eigenvalue weighted by atomic mass is 127. The predicted molar refractivity (Wildman–Crippen MR) is 225 cm³/mol. The van der Waals surface area contributed by atoms with Crippen LogP contribution in [0.2, 0.25) is 0 Å². The fraction of sp³-hybridized carbons (Fsp3) is 1.00. The Hall–Kier alpha value is 2.56. The minimum atomic E-state index is -6.85. The fourth-order valence-corrected chi connectivity index (χ4v) is 3.68. The molecular weight excluding hydrogens is 1670 g/mol. The molecule has 0 aromatic heterocycles. The van der Waals surface area contributed by atoms with Gasteiger partial charge in [0.05, 0.1) is 22.2 Å². The van der Waals surface area contributed by atoms with Crippen LogP contribution in [0.4, 0.5) is 92.2 Å². The molecule has 61 heavy (non-hydrogen) atoms. The molecule has 0 aliphatic carbocycles. The van der Waals surface area contributed by atoms with Crippen LogP contribution in [0.5, 0.6) is 0 Å². The molecule has 1 heterocycles. The monoisotopic (exact) mass is 1700 g/mol. The molecule has 0 aromatic carbocycles. The van der Waals surface area contributed by atoms with Crippen LogP contribution in [-0.2, 0) is 42.9 Å². The topological polar surface area (TPSA) is 154 Å². The van der Waals surface area contributed by atoms with Gasteiger partial charge in [-0.05, 0) is 4.93 Å². The first-order valence-corrected chi connectivity index (χ1v) is 26.1. The summed E-state index contributed by atoms with van der Waals surface area (Å²) in [5, 5.41) is 7.53. The van der Waals surface area contributed by atoms with E-state index in [1.165, 1.54) is 7.33 Å². The molecule has 0 aromatic rings. The molecule has 1 rings (SSSR count). The zero-order valence-corrected chi connectivity index (χ0v) is 43.4. The first kappa shape index (κ1) is 77.8. The lowest BCUT2D eigenvalue weighted by atomic mass is 10.3. The summed E-state index contributed by atoms with van der Waals surface area (Å²) in [5.41, 5.74) is -18.4. The molecule has 1 fully saturated rings. The first-order chi connectivity index (χ1) is 26.3. The van der Waals surface area contributed by atoms with Crippen LogP contribution < -0.4 is 0 Å². The molecule has 0 saturated carbocycles. The molecule has 0 amide bonds. The van der Waals surface area contributed by atoms with Crippen molar-refractivity contribution >= 4 is 166 Å². The van der Waals surface area contributed by atoms with Crippen LogP contribution in [0.15, 0.2) is 0 Å². The number of aliphatic hydroxyl groups is 1. The van der Waals surface area contributed by atoms with E-state index >= 15 is 0 Å². The molecular formula is C20H28F21I6NO10S3. The predicted octanol–water partition coefficient (Wildman–Crippen LogP) is 10.6. The SMILES string of the molecule is C.CI.FC(F)C(F)(F)CN1CCOCC1.IC(I)I.ICI.O=S(=O)(OCC(F)(F)C(F)F)C(F)(F)F.O=S(=O)(OS(=O)(=O)C(F)(F)F)C(F)(F)F.OCC(F)(F)C(F)F. The third-order valence-corrected chi connectivity index (χ3v) is 7.71. The largest absolute Gasteiger partial charge is 0.524 e. The Morgan fingerprint density at radius 2 is 0.852 bits per heavy atom. The van der Waals surface area contributed by atoms with E-state index in [4.69, 9.17) is 9.84 Å². The molecule has 41 heteroatoms. The Morgan fingerprint density at radius 1 is 0.590 bits per heavy atom. The van der Waals surface area contributed by atoms with Crippen molar-refractivity contribution in [3.8, 4) is 0 Å². The lowest BCUT2D eigenvalue weighted by Gasteiger charge is -2.29. The summed E-state index contributed by atoms with van der Waals surface area (Å²) in [5.74, 6) is -13.1. The molecule has 0 bridgehead atoms. The molecule has 1 saturated heterocycles. The number of nitrogens with zero attached hydrogens (tertiary/aromatic N) is 1. The van der Waals surface area contributed by atoms with Gasteiger partial charge in [0.2, 0.25) is 0 Å². The Labute approximate surface area is 415 Å². The molecule has 1 N–H and O–H groups in total. The highest BCUT2D eigenvalue weighted by Gasteiger charge is 2.57. The van der Waals surface area contributed by atoms with E-state index in [0.29, 0.717) is 26.3 Å². The number of aliphatic hydroxyl groups excluding tert-OH is 1. The third-order valence-electron chi connectivity index (χ3n) is 4.14. The van der Waals surface area contributed by atoms with Crippen LogP contribution >= 0.6 is 136 Å². The summed E-state index contributed by atoms with van der Waals surface area (Å²) >= 11 is 13.6. The molecule has 1 aliphatic rings. The van der Waals surface area contributed by atoms with Crippen LogP contribution in [0.25, 0.3) is 0 Å². The smallest absolute Gasteiger partial charge is 0.390 e. The summed E-state index contributed by atoms with van der Waals surface area (Å²) in [6, 6.07) is 0. The van der Waals surface area contributed by atoms with Crippen LogP contribution in [0.3, 0.4) is 0 Å².